The number of nitrogens with zero attached hydrogens (tertiary/aromatic N) is 2. The molecular weight excluding hydrogens is 354 g/mol. The second kappa shape index (κ2) is 6.48. The van der Waals surface area contributed by atoms with Crippen molar-refractivity contribution >= 4 is 29.1 Å². The molecule has 1 atom stereocenters. The largest absolute Gasteiger partial charge is 0.324 e. The van der Waals surface area contributed by atoms with Crippen molar-refractivity contribution in [2.45, 2.75) is 39.3 Å². The minimum absolute atomic E-state index is 0.0257. The van der Waals surface area contributed by atoms with Crippen LogP contribution >= 0.6 is 0 Å². The summed E-state index contributed by atoms with van der Waals surface area (Å²) in [5, 5.41) is 2.90. The van der Waals surface area contributed by atoms with Crippen molar-refractivity contribution in [3.05, 3.63) is 59.2 Å². The van der Waals surface area contributed by atoms with Crippen LogP contribution in [0.5, 0.6) is 0 Å². The first kappa shape index (κ1) is 18.2. The van der Waals surface area contributed by atoms with E-state index in [1.807, 2.05) is 45.0 Å². The highest BCUT2D eigenvalue weighted by atomic mass is 16.2. The van der Waals surface area contributed by atoms with Crippen LogP contribution in [0.15, 0.2) is 42.5 Å². The van der Waals surface area contributed by atoms with Gasteiger partial charge in [0.25, 0.3) is 5.91 Å². The Labute approximate surface area is 164 Å². The van der Waals surface area contributed by atoms with Gasteiger partial charge in [-0.25, -0.2) is 0 Å². The molecule has 3 amide bonds. The molecule has 144 valence electrons. The fourth-order valence-electron chi connectivity index (χ4n) is 4.23. The molecule has 0 spiro atoms. The van der Waals surface area contributed by atoms with Gasteiger partial charge in [-0.15, -0.1) is 0 Å². The number of fused-ring (bicyclic) bond motifs is 3. The minimum atomic E-state index is -0.831. The molecule has 1 N–H and O–H groups in total. The van der Waals surface area contributed by atoms with Crippen molar-refractivity contribution in [3.8, 4) is 0 Å². The molecule has 0 aliphatic carbocycles. The lowest BCUT2D eigenvalue weighted by molar-refractivity contribution is -0.120. The number of anilines is 2. The summed E-state index contributed by atoms with van der Waals surface area (Å²) in [5.74, 6) is -0.526. The van der Waals surface area contributed by atoms with E-state index in [2.05, 4.69) is 5.32 Å². The number of nitrogens with one attached hydrogen (secondary N) is 1. The van der Waals surface area contributed by atoms with Gasteiger partial charge in [-0.1, -0.05) is 29.8 Å². The van der Waals surface area contributed by atoms with E-state index >= 15 is 0 Å². The molecular formula is C22H23N3O3. The molecule has 2 aliphatic rings. The van der Waals surface area contributed by atoms with Crippen LogP contribution in [0.2, 0.25) is 0 Å². The molecule has 2 aromatic rings. The normalized spacial score (nSPS) is 20.8. The Kier molecular flexibility index (Phi) is 4.22. The Balaban J connectivity index is 1.64. The van der Waals surface area contributed by atoms with E-state index in [9.17, 15) is 14.4 Å². The van der Waals surface area contributed by atoms with E-state index in [1.54, 1.807) is 23.1 Å². The fourth-order valence-corrected chi connectivity index (χ4v) is 4.23. The van der Waals surface area contributed by atoms with E-state index < -0.39 is 5.66 Å². The van der Waals surface area contributed by atoms with Crippen LogP contribution in [-0.4, -0.2) is 34.8 Å². The van der Waals surface area contributed by atoms with E-state index in [1.165, 1.54) is 4.90 Å². The molecule has 1 saturated heterocycles. The van der Waals surface area contributed by atoms with Crippen LogP contribution in [-0.2, 0) is 9.59 Å². The topological polar surface area (TPSA) is 69.7 Å². The monoisotopic (exact) mass is 377 g/mol. The second-order valence-corrected chi connectivity index (χ2v) is 7.72. The summed E-state index contributed by atoms with van der Waals surface area (Å²) in [6.07, 6.45) is 0.857. The summed E-state index contributed by atoms with van der Waals surface area (Å²) in [7, 11) is 0. The lowest BCUT2D eigenvalue weighted by Gasteiger charge is -2.48. The van der Waals surface area contributed by atoms with Crippen molar-refractivity contribution in [1.82, 2.24) is 4.90 Å². The van der Waals surface area contributed by atoms with Gasteiger partial charge in [-0.05, 0) is 51.0 Å². The zero-order valence-electron chi connectivity index (χ0n) is 16.3. The van der Waals surface area contributed by atoms with Crippen molar-refractivity contribution in [3.63, 3.8) is 0 Å². The van der Waals surface area contributed by atoms with Crippen LogP contribution in [0.25, 0.3) is 0 Å². The first-order valence-corrected chi connectivity index (χ1v) is 9.42. The number of carbonyl (C=O) groups is 3. The molecule has 2 heterocycles. The minimum Gasteiger partial charge on any atom is -0.324 e. The number of rotatable bonds is 3. The molecule has 2 aliphatic heterocycles. The molecule has 0 bridgehead atoms. The van der Waals surface area contributed by atoms with Gasteiger partial charge in [0.1, 0.15) is 12.2 Å². The number of para-hydroxylation sites is 1. The molecule has 6 heteroatoms. The van der Waals surface area contributed by atoms with Crippen LogP contribution in [0, 0.1) is 13.8 Å². The molecule has 1 unspecified atom stereocenters. The number of amides is 3. The number of hydrogen-bond donors (Lipinski definition) is 1. The second-order valence-electron chi connectivity index (χ2n) is 7.72. The zero-order chi connectivity index (χ0) is 20.1. The lowest BCUT2D eigenvalue weighted by Crippen LogP contribution is -2.63. The number of benzene rings is 2. The molecule has 6 nitrogen and oxygen atoms in total. The first-order chi connectivity index (χ1) is 13.3. The molecule has 4 rings (SSSR count). The highest BCUT2D eigenvalue weighted by Crippen LogP contribution is 2.43. The average molecular weight is 377 g/mol. The molecule has 0 radical (unpaired) electrons. The van der Waals surface area contributed by atoms with Crippen LogP contribution in [0.4, 0.5) is 11.4 Å². The van der Waals surface area contributed by atoms with Gasteiger partial charge >= 0.3 is 0 Å². The smallest absolute Gasteiger partial charge is 0.258 e. The standard InChI is InChI=1S/C22H23N3O3/c1-14-8-9-17(15(2)12-14)23-19(26)13-24-21(28)16-6-4-5-7-18(16)25-20(27)10-11-22(24,25)3/h4-9,12H,10-11,13H2,1-3H3,(H,23,26). The van der Waals surface area contributed by atoms with Gasteiger partial charge in [0.2, 0.25) is 11.8 Å². The van der Waals surface area contributed by atoms with Crippen LogP contribution in [0.3, 0.4) is 0 Å². The summed E-state index contributed by atoms with van der Waals surface area (Å²) in [6.45, 7) is 5.68. The highest BCUT2D eigenvalue weighted by molar-refractivity contribution is 6.11. The third-order valence-electron chi connectivity index (χ3n) is 5.70. The summed E-state index contributed by atoms with van der Waals surface area (Å²) >= 11 is 0. The Morgan fingerprint density at radius 3 is 2.64 bits per heavy atom. The maximum Gasteiger partial charge on any atom is 0.258 e. The van der Waals surface area contributed by atoms with Gasteiger partial charge in [0.05, 0.1) is 11.3 Å². The number of carbonyl (C=O) groups excluding carboxylic acids is 3. The van der Waals surface area contributed by atoms with Gasteiger partial charge in [-0.2, -0.15) is 0 Å². The average Bonchev–Trinajstić information content (AvgIpc) is 2.97. The van der Waals surface area contributed by atoms with E-state index in [0.29, 0.717) is 24.1 Å². The fraction of sp³-hybridized carbons (Fsp3) is 0.318. The van der Waals surface area contributed by atoms with Crippen LogP contribution in [0.1, 0.15) is 41.3 Å². The SMILES string of the molecule is Cc1ccc(NC(=O)CN2C(=O)c3ccccc3N3C(=O)CCC23C)c(C)c1. The van der Waals surface area contributed by atoms with E-state index in [-0.39, 0.29) is 24.3 Å². The van der Waals surface area contributed by atoms with Crippen LogP contribution < -0.4 is 10.2 Å². The van der Waals surface area contributed by atoms with Crippen molar-refractivity contribution in [2.75, 3.05) is 16.8 Å². The van der Waals surface area contributed by atoms with Crippen molar-refractivity contribution in [2.24, 2.45) is 0 Å². The molecule has 0 saturated carbocycles. The third kappa shape index (κ3) is 2.76. The summed E-state index contributed by atoms with van der Waals surface area (Å²) in [6, 6.07) is 12.9. The highest BCUT2D eigenvalue weighted by Gasteiger charge is 2.53. The molecule has 0 aromatic heterocycles. The lowest BCUT2D eigenvalue weighted by atomic mass is 9.98. The Bertz CT molecular complexity index is 1000. The van der Waals surface area contributed by atoms with Gasteiger partial charge in [0.15, 0.2) is 0 Å². The summed E-state index contributed by atoms with van der Waals surface area (Å²) in [5.41, 5.74) is 3.06. The zero-order valence-corrected chi connectivity index (χ0v) is 16.3. The number of hydrogen-bond acceptors (Lipinski definition) is 3. The Morgan fingerprint density at radius 2 is 1.89 bits per heavy atom. The van der Waals surface area contributed by atoms with E-state index in [4.69, 9.17) is 0 Å². The predicted octanol–water partition coefficient (Wildman–Crippen LogP) is 3.24. The first-order valence-electron chi connectivity index (χ1n) is 9.42. The third-order valence-corrected chi connectivity index (χ3v) is 5.70. The van der Waals surface area contributed by atoms with Gasteiger partial charge < -0.3 is 10.2 Å². The van der Waals surface area contributed by atoms with Gasteiger partial charge in [0, 0.05) is 12.1 Å². The maximum absolute atomic E-state index is 13.2. The quantitative estimate of drug-likeness (QED) is 0.893. The predicted molar refractivity (Wildman–Crippen MR) is 107 cm³/mol. The molecule has 28 heavy (non-hydrogen) atoms. The van der Waals surface area contributed by atoms with Crippen molar-refractivity contribution in [1.29, 1.82) is 0 Å². The van der Waals surface area contributed by atoms with Gasteiger partial charge in [-0.3, -0.25) is 19.3 Å². The van der Waals surface area contributed by atoms with Crippen molar-refractivity contribution < 1.29 is 14.4 Å². The van der Waals surface area contributed by atoms with E-state index in [0.717, 1.165) is 16.8 Å². The molecule has 1 fully saturated rings. The summed E-state index contributed by atoms with van der Waals surface area (Å²) in [4.78, 5) is 41.7. The summed E-state index contributed by atoms with van der Waals surface area (Å²) < 4.78 is 0. The number of aryl methyl sites for hydroxylation is 2. The Morgan fingerprint density at radius 1 is 1.14 bits per heavy atom. The molecule has 2 aromatic carbocycles. The Hall–Kier alpha value is -3.15. The maximum atomic E-state index is 13.2.